The van der Waals surface area contributed by atoms with E-state index in [2.05, 4.69) is 10.6 Å². The molecule has 0 bridgehead atoms. The molecule has 0 saturated carbocycles. The van der Waals surface area contributed by atoms with Gasteiger partial charge in [0, 0.05) is 0 Å². The number of amides is 4. The predicted octanol–water partition coefficient (Wildman–Crippen LogP) is -2.87. The summed E-state index contributed by atoms with van der Waals surface area (Å²) in [5.74, 6) is -4.47. The van der Waals surface area contributed by atoms with Crippen molar-refractivity contribution in [3.8, 4) is 0 Å². The van der Waals surface area contributed by atoms with E-state index in [-0.39, 0.29) is 5.92 Å². The van der Waals surface area contributed by atoms with Gasteiger partial charge in [0.25, 0.3) is 0 Å². The number of aliphatic hydroxyl groups excluding tert-OH is 1. The van der Waals surface area contributed by atoms with Gasteiger partial charge in [0.2, 0.25) is 23.6 Å². The monoisotopic (exact) mass is 449 g/mol. The lowest BCUT2D eigenvalue weighted by Crippen LogP contribution is -2.59. The van der Waals surface area contributed by atoms with E-state index in [1.807, 2.05) is 11.6 Å². The van der Waals surface area contributed by atoms with Crippen molar-refractivity contribution in [3.05, 3.63) is 0 Å². The van der Waals surface area contributed by atoms with Crippen LogP contribution >= 0.6 is 11.8 Å². The van der Waals surface area contributed by atoms with Crippen LogP contribution in [-0.4, -0.2) is 82.6 Å². The van der Waals surface area contributed by atoms with Crippen molar-refractivity contribution in [3.63, 3.8) is 0 Å². The molecule has 4 atom stereocenters. The van der Waals surface area contributed by atoms with Gasteiger partial charge in [0.15, 0.2) is 0 Å². The summed E-state index contributed by atoms with van der Waals surface area (Å²) >= 11 is 1.52. The van der Waals surface area contributed by atoms with Gasteiger partial charge in [-0.15, -0.1) is 0 Å². The molecule has 12 nitrogen and oxygen atoms in total. The molecule has 0 fully saturated rings. The lowest BCUT2D eigenvalue weighted by molar-refractivity contribution is -0.144. The Balaban J connectivity index is 5.13. The van der Waals surface area contributed by atoms with Gasteiger partial charge in [-0.25, -0.2) is 4.79 Å². The highest BCUT2D eigenvalue weighted by Gasteiger charge is 2.31. The Morgan fingerprint density at radius 3 is 1.97 bits per heavy atom. The molecule has 0 aromatic heterocycles. The zero-order valence-electron chi connectivity index (χ0n) is 17.2. The van der Waals surface area contributed by atoms with Gasteiger partial charge >= 0.3 is 5.97 Å². The highest BCUT2D eigenvalue weighted by molar-refractivity contribution is 7.98. The molecule has 4 amide bonds. The molecule has 0 radical (unpaired) electrons. The van der Waals surface area contributed by atoms with Gasteiger partial charge in [-0.2, -0.15) is 11.8 Å². The predicted molar refractivity (Wildman–Crippen MR) is 110 cm³/mol. The van der Waals surface area contributed by atoms with Crippen LogP contribution in [0.25, 0.3) is 0 Å². The first-order chi connectivity index (χ1) is 13.9. The summed E-state index contributed by atoms with van der Waals surface area (Å²) in [6.07, 6.45) is 1.62. The molecule has 30 heavy (non-hydrogen) atoms. The van der Waals surface area contributed by atoms with Gasteiger partial charge < -0.3 is 37.6 Å². The summed E-state index contributed by atoms with van der Waals surface area (Å²) < 4.78 is 0. The standard InChI is InChI=1S/C17H31N5O7S/c1-8(2)13(22-14(25)9(18)4-5-30-3)16(27)21-11(7-23)15(26)20-10(17(28)29)6-12(19)24/h8-11,13,23H,4-7,18H2,1-3H3,(H2,19,24)(H,20,26)(H,21,27)(H,22,25)(H,28,29). The van der Waals surface area contributed by atoms with Crippen LogP contribution in [0.1, 0.15) is 26.7 Å². The largest absolute Gasteiger partial charge is 0.480 e. The number of aliphatic hydroxyl groups is 1. The van der Waals surface area contributed by atoms with Crippen LogP contribution in [-0.2, 0) is 24.0 Å². The number of nitrogens with one attached hydrogen (secondary N) is 3. The van der Waals surface area contributed by atoms with Crippen molar-refractivity contribution < 1.29 is 34.2 Å². The number of hydrogen-bond acceptors (Lipinski definition) is 8. The van der Waals surface area contributed by atoms with Gasteiger partial charge in [-0.05, 0) is 24.3 Å². The molecule has 0 aromatic rings. The third-order valence-electron chi connectivity index (χ3n) is 4.05. The number of hydrogen-bond donors (Lipinski definition) is 7. The van der Waals surface area contributed by atoms with Crippen LogP contribution < -0.4 is 27.4 Å². The summed E-state index contributed by atoms with van der Waals surface area (Å²) in [5, 5.41) is 25.3. The first-order valence-electron chi connectivity index (χ1n) is 9.22. The summed E-state index contributed by atoms with van der Waals surface area (Å²) in [5.41, 5.74) is 10.7. The Bertz CT molecular complexity index is 632. The second-order valence-electron chi connectivity index (χ2n) is 6.93. The number of primary amides is 1. The van der Waals surface area contributed by atoms with E-state index >= 15 is 0 Å². The van der Waals surface area contributed by atoms with Crippen LogP contribution in [0.5, 0.6) is 0 Å². The zero-order valence-corrected chi connectivity index (χ0v) is 18.0. The van der Waals surface area contributed by atoms with Crippen LogP contribution in [0.3, 0.4) is 0 Å². The topological polar surface area (TPSA) is 214 Å². The Morgan fingerprint density at radius 2 is 1.53 bits per heavy atom. The van der Waals surface area contributed by atoms with E-state index in [4.69, 9.17) is 16.6 Å². The summed E-state index contributed by atoms with van der Waals surface area (Å²) in [6, 6.07) is -4.97. The normalized spacial score (nSPS) is 14.9. The molecule has 0 spiro atoms. The maximum atomic E-state index is 12.6. The molecule has 4 unspecified atom stereocenters. The Kier molecular flexibility index (Phi) is 12.7. The van der Waals surface area contributed by atoms with E-state index in [0.717, 1.165) is 0 Å². The molecule has 0 rings (SSSR count). The minimum absolute atomic E-state index is 0.370. The van der Waals surface area contributed by atoms with Crippen LogP contribution in [0, 0.1) is 5.92 Å². The molecule has 0 aliphatic rings. The molecular weight excluding hydrogens is 418 g/mol. The fraction of sp³-hybridized carbons (Fsp3) is 0.706. The highest BCUT2D eigenvalue weighted by atomic mass is 32.2. The smallest absolute Gasteiger partial charge is 0.326 e. The SMILES string of the molecule is CSCCC(N)C(=O)NC(C(=O)NC(CO)C(=O)NC(CC(N)=O)C(=O)O)C(C)C. The maximum absolute atomic E-state index is 12.6. The molecule has 0 saturated heterocycles. The third kappa shape index (κ3) is 9.89. The third-order valence-corrected chi connectivity index (χ3v) is 4.70. The number of carbonyl (C=O) groups excluding carboxylic acids is 4. The van der Waals surface area contributed by atoms with Crippen molar-refractivity contribution in [2.45, 2.75) is 50.9 Å². The number of carboxylic acid groups (broad SMARTS) is 1. The quantitative estimate of drug-likeness (QED) is 0.145. The molecule has 13 heteroatoms. The van der Waals surface area contributed by atoms with Crippen LogP contribution in [0.15, 0.2) is 0 Å². The first-order valence-corrected chi connectivity index (χ1v) is 10.6. The van der Waals surface area contributed by atoms with Crippen molar-refractivity contribution in [2.75, 3.05) is 18.6 Å². The van der Waals surface area contributed by atoms with E-state index in [9.17, 15) is 29.1 Å². The number of carboxylic acids is 1. The van der Waals surface area contributed by atoms with Crippen molar-refractivity contribution in [1.82, 2.24) is 16.0 Å². The summed E-state index contributed by atoms with van der Waals surface area (Å²) in [4.78, 5) is 59.1. The Labute approximate surface area is 178 Å². The van der Waals surface area contributed by atoms with Gasteiger partial charge in [0.1, 0.15) is 18.1 Å². The second-order valence-corrected chi connectivity index (χ2v) is 7.92. The summed E-state index contributed by atoms with van der Waals surface area (Å²) in [7, 11) is 0. The van der Waals surface area contributed by atoms with E-state index in [1.54, 1.807) is 13.8 Å². The molecule has 0 heterocycles. The van der Waals surface area contributed by atoms with Crippen LogP contribution in [0.2, 0.25) is 0 Å². The highest BCUT2D eigenvalue weighted by Crippen LogP contribution is 2.05. The molecule has 0 aliphatic carbocycles. The second kappa shape index (κ2) is 13.8. The van der Waals surface area contributed by atoms with Gasteiger partial charge in [-0.1, -0.05) is 13.8 Å². The van der Waals surface area contributed by atoms with E-state index in [0.29, 0.717) is 12.2 Å². The molecule has 0 aliphatic heterocycles. The molecule has 0 aromatic carbocycles. The number of aliphatic carboxylic acids is 1. The molecular formula is C17H31N5O7S. The lowest BCUT2D eigenvalue weighted by Gasteiger charge is -2.26. The number of carbonyl (C=O) groups is 5. The van der Waals surface area contributed by atoms with E-state index in [1.165, 1.54) is 11.8 Å². The fourth-order valence-electron chi connectivity index (χ4n) is 2.30. The van der Waals surface area contributed by atoms with Gasteiger partial charge in [-0.3, -0.25) is 19.2 Å². The minimum atomic E-state index is -1.61. The van der Waals surface area contributed by atoms with Gasteiger partial charge in [0.05, 0.1) is 19.1 Å². The maximum Gasteiger partial charge on any atom is 0.326 e. The Hall–Kier alpha value is -2.38. The molecule has 9 N–H and O–H groups in total. The average Bonchev–Trinajstić information content (AvgIpc) is 2.66. The molecule has 172 valence electrons. The fourth-order valence-corrected chi connectivity index (χ4v) is 2.79. The lowest BCUT2D eigenvalue weighted by atomic mass is 10.0. The summed E-state index contributed by atoms with van der Waals surface area (Å²) in [6.45, 7) is 2.49. The van der Waals surface area contributed by atoms with Crippen LogP contribution in [0.4, 0.5) is 0 Å². The average molecular weight is 450 g/mol. The Morgan fingerprint density at radius 1 is 0.967 bits per heavy atom. The van der Waals surface area contributed by atoms with Crippen molar-refractivity contribution in [1.29, 1.82) is 0 Å². The van der Waals surface area contributed by atoms with E-state index < -0.39 is 66.8 Å². The minimum Gasteiger partial charge on any atom is -0.480 e. The first kappa shape index (κ1) is 27.6. The number of nitrogens with two attached hydrogens (primary N) is 2. The number of rotatable bonds is 14. The zero-order chi connectivity index (χ0) is 23.4. The number of thioether (sulfide) groups is 1. The van der Waals surface area contributed by atoms with Crippen molar-refractivity contribution >= 4 is 41.4 Å². The van der Waals surface area contributed by atoms with Crippen molar-refractivity contribution in [2.24, 2.45) is 17.4 Å².